The van der Waals surface area contributed by atoms with E-state index in [1.807, 2.05) is 0 Å². The molecule has 1 aromatic heterocycles. The average Bonchev–Trinajstić information content (AvgIpc) is 3.27. The summed E-state index contributed by atoms with van der Waals surface area (Å²) in [5.41, 5.74) is -0.0195. The van der Waals surface area contributed by atoms with Crippen molar-refractivity contribution in [3.8, 4) is 0 Å². The molecule has 0 radical (unpaired) electrons. The van der Waals surface area contributed by atoms with Crippen LogP contribution in [-0.4, -0.2) is 78.4 Å². The van der Waals surface area contributed by atoms with Gasteiger partial charge in [-0.05, 0) is 6.07 Å². The third kappa shape index (κ3) is 4.32. The number of hydrogen-bond acceptors (Lipinski definition) is 7. The zero-order valence-electron chi connectivity index (χ0n) is 16.1. The number of amides is 3. The van der Waals surface area contributed by atoms with Crippen LogP contribution in [0.25, 0.3) is 10.2 Å². The van der Waals surface area contributed by atoms with Gasteiger partial charge in [0.25, 0.3) is 0 Å². The molecule has 8 nitrogen and oxygen atoms in total. The Labute approximate surface area is 175 Å². The second-order valence-corrected chi connectivity index (χ2v) is 8.11. The molecular formula is C19H20F2N4O4S. The number of nitrogens with zero attached hydrogens (tertiary/aromatic N) is 4. The van der Waals surface area contributed by atoms with Crippen LogP contribution in [0.4, 0.5) is 13.9 Å². The van der Waals surface area contributed by atoms with E-state index in [-0.39, 0.29) is 46.5 Å². The fourth-order valence-corrected chi connectivity index (χ4v) is 4.52. The van der Waals surface area contributed by atoms with E-state index >= 15 is 0 Å². The van der Waals surface area contributed by atoms with Gasteiger partial charge in [0, 0.05) is 45.1 Å². The minimum absolute atomic E-state index is 0.0195. The summed E-state index contributed by atoms with van der Waals surface area (Å²) in [5.74, 6) is -2.81. The fraction of sp³-hybridized carbons (Fsp3) is 0.474. The van der Waals surface area contributed by atoms with Crippen LogP contribution < -0.4 is 4.90 Å². The third-order valence-corrected chi connectivity index (χ3v) is 6.15. The van der Waals surface area contributed by atoms with E-state index < -0.39 is 24.1 Å². The van der Waals surface area contributed by atoms with Crippen LogP contribution >= 0.6 is 11.3 Å². The van der Waals surface area contributed by atoms with Gasteiger partial charge in [-0.1, -0.05) is 11.3 Å². The highest BCUT2D eigenvalue weighted by Gasteiger charge is 2.33. The molecule has 30 heavy (non-hydrogen) atoms. The van der Waals surface area contributed by atoms with Crippen LogP contribution in [0.3, 0.4) is 0 Å². The predicted octanol–water partition coefficient (Wildman–Crippen LogP) is 1.39. The molecule has 11 heteroatoms. The number of benzene rings is 1. The molecule has 4 rings (SSSR count). The summed E-state index contributed by atoms with van der Waals surface area (Å²) in [6.07, 6.45) is 0.178. The number of anilines is 1. The Morgan fingerprint density at radius 1 is 1.17 bits per heavy atom. The molecule has 0 saturated carbocycles. The monoisotopic (exact) mass is 438 g/mol. The normalized spacial score (nSPS) is 17.9. The Morgan fingerprint density at radius 3 is 2.57 bits per heavy atom. The number of morpholine rings is 1. The Morgan fingerprint density at radius 2 is 1.87 bits per heavy atom. The number of imide groups is 1. The van der Waals surface area contributed by atoms with Gasteiger partial charge in [0.1, 0.15) is 17.9 Å². The highest BCUT2D eigenvalue weighted by molar-refractivity contribution is 7.22. The van der Waals surface area contributed by atoms with Crippen molar-refractivity contribution in [1.82, 2.24) is 14.8 Å². The SMILES string of the molecule is O=C1CCC(=O)N1CC(=O)N(CCN1CCOCC1)c1nc2c(F)cc(F)cc2s1. The molecule has 3 heterocycles. The van der Waals surface area contributed by atoms with Crippen LogP contribution in [0.15, 0.2) is 12.1 Å². The van der Waals surface area contributed by atoms with E-state index in [2.05, 4.69) is 9.88 Å². The van der Waals surface area contributed by atoms with Crippen LogP contribution in [0.5, 0.6) is 0 Å². The number of rotatable bonds is 6. The van der Waals surface area contributed by atoms with Gasteiger partial charge >= 0.3 is 0 Å². The zero-order chi connectivity index (χ0) is 21.3. The Balaban J connectivity index is 1.59. The van der Waals surface area contributed by atoms with Gasteiger partial charge in [0.2, 0.25) is 17.7 Å². The summed E-state index contributed by atoms with van der Waals surface area (Å²) in [5, 5.41) is 0.201. The van der Waals surface area contributed by atoms with Gasteiger partial charge in [-0.15, -0.1) is 0 Å². The third-order valence-electron chi connectivity index (χ3n) is 5.13. The van der Waals surface area contributed by atoms with Crippen molar-refractivity contribution in [1.29, 1.82) is 0 Å². The van der Waals surface area contributed by atoms with Crippen molar-refractivity contribution in [2.24, 2.45) is 0 Å². The first kappa shape index (κ1) is 20.8. The quantitative estimate of drug-likeness (QED) is 0.634. The van der Waals surface area contributed by atoms with Crippen molar-refractivity contribution in [2.75, 3.05) is 50.8 Å². The second kappa shape index (κ2) is 8.70. The van der Waals surface area contributed by atoms with Crippen molar-refractivity contribution in [3.05, 3.63) is 23.8 Å². The number of likely N-dealkylation sites (tertiary alicyclic amines) is 1. The summed E-state index contributed by atoms with van der Waals surface area (Å²) in [6.45, 7) is 2.97. The summed E-state index contributed by atoms with van der Waals surface area (Å²) in [4.78, 5) is 45.5. The topological polar surface area (TPSA) is 83.1 Å². The fourth-order valence-electron chi connectivity index (χ4n) is 3.47. The van der Waals surface area contributed by atoms with Gasteiger partial charge in [-0.25, -0.2) is 13.8 Å². The maximum absolute atomic E-state index is 14.1. The summed E-state index contributed by atoms with van der Waals surface area (Å²) >= 11 is 0.991. The number of hydrogen-bond donors (Lipinski definition) is 0. The number of fused-ring (bicyclic) bond motifs is 1. The molecule has 0 atom stereocenters. The van der Waals surface area contributed by atoms with Crippen molar-refractivity contribution in [3.63, 3.8) is 0 Å². The number of thiazole rings is 1. The number of carbonyl (C=O) groups is 3. The van der Waals surface area contributed by atoms with Gasteiger partial charge < -0.3 is 4.74 Å². The molecule has 1 aromatic carbocycles. The minimum atomic E-state index is -0.807. The number of aromatic nitrogens is 1. The molecule has 0 N–H and O–H groups in total. The molecule has 2 saturated heterocycles. The van der Waals surface area contributed by atoms with E-state index in [1.165, 1.54) is 4.90 Å². The molecule has 2 aliphatic heterocycles. The van der Waals surface area contributed by atoms with E-state index in [1.54, 1.807) is 0 Å². The predicted molar refractivity (Wildman–Crippen MR) is 105 cm³/mol. The van der Waals surface area contributed by atoms with Crippen LogP contribution in [-0.2, 0) is 19.1 Å². The molecule has 2 aliphatic rings. The van der Waals surface area contributed by atoms with Gasteiger partial charge in [0.05, 0.1) is 17.9 Å². The highest BCUT2D eigenvalue weighted by Crippen LogP contribution is 2.31. The molecule has 160 valence electrons. The molecule has 2 aromatic rings. The Kier molecular flexibility index (Phi) is 6.02. The molecule has 0 spiro atoms. The van der Waals surface area contributed by atoms with Gasteiger partial charge in [0.15, 0.2) is 10.9 Å². The average molecular weight is 438 g/mol. The summed E-state index contributed by atoms with van der Waals surface area (Å²) < 4.78 is 33.3. The van der Waals surface area contributed by atoms with Gasteiger partial charge in [-0.2, -0.15) is 0 Å². The highest BCUT2D eigenvalue weighted by atomic mass is 32.1. The second-order valence-electron chi connectivity index (χ2n) is 7.10. The number of carbonyl (C=O) groups excluding carboxylic acids is 3. The molecule has 0 unspecified atom stereocenters. The first-order chi connectivity index (χ1) is 14.4. The number of ether oxygens (including phenoxy) is 1. The maximum Gasteiger partial charge on any atom is 0.248 e. The maximum atomic E-state index is 14.1. The molecule has 0 bridgehead atoms. The Bertz CT molecular complexity index is 976. The standard InChI is InChI=1S/C19H20F2N4O4S/c20-12-9-13(21)18-14(10-12)30-19(22-18)24(4-3-23-5-7-29-8-6-23)17(28)11-25-15(26)1-2-16(25)27/h9-10H,1-8,11H2. The van der Waals surface area contributed by atoms with Crippen molar-refractivity contribution < 1.29 is 27.9 Å². The largest absolute Gasteiger partial charge is 0.379 e. The Hall–Kier alpha value is -2.50. The molecule has 0 aliphatic carbocycles. The lowest BCUT2D eigenvalue weighted by atomic mass is 10.3. The van der Waals surface area contributed by atoms with E-state index in [4.69, 9.17) is 4.74 Å². The van der Waals surface area contributed by atoms with Crippen molar-refractivity contribution >= 4 is 44.4 Å². The lowest BCUT2D eigenvalue weighted by molar-refractivity contribution is -0.141. The van der Waals surface area contributed by atoms with Crippen LogP contribution in [0.1, 0.15) is 12.8 Å². The van der Waals surface area contributed by atoms with Crippen LogP contribution in [0.2, 0.25) is 0 Å². The summed E-state index contributed by atoms with van der Waals surface area (Å²) in [7, 11) is 0. The van der Waals surface area contributed by atoms with Gasteiger partial charge in [-0.3, -0.25) is 29.1 Å². The molecular weight excluding hydrogens is 418 g/mol. The van der Waals surface area contributed by atoms with Crippen LogP contribution in [0, 0.1) is 11.6 Å². The molecule has 3 amide bonds. The number of halogens is 2. The van der Waals surface area contributed by atoms with Crippen molar-refractivity contribution in [2.45, 2.75) is 12.8 Å². The van der Waals surface area contributed by atoms with E-state index in [9.17, 15) is 23.2 Å². The van der Waals surface area contributed by atoms with E-state index in [0.29, 0.717) is 32.8 Å². The smallest absolute Gasteiger partial charge is 0.248 e. The lowest BCUT2D eigenvalue weighted by Gasteiger charge is -2.29. The molecule has 2 fully saturated rings. The minimum Gasteiger partial charge on any atom is -0.379 e. The first-order valence-corrected chi connectivity index (χ1v) is 10.4. The zero-order valence-corrected chi connectivity index (χ0v) is 16.9. The van der Waals surface area contributed by atoms with E-state index in [0.717, 1.165) is 28.4 Å². The first-order valence-electron chi connectivity index (χ1n) is 9.61. The summed E-state index contributed by atoms with van der Waals surface area (Å²) in [6, 6.07) is 1.91. The lowest BCUT2D eigenvalue weighted by Crippen LogP contribution is -2.47.